The lowest BCUT2D eigenvalue weighted by Gasteiger charge is -2.21. The fourth-order valence-electron chi connectivity index (χ4n) is 3.74. The van der Waals surface area contributed by atoms with Gasteiger partial charge >= 0.3 is 0 Å². The summed E-state index contributed by atoms with van der Waals surface area (Å²) in [7, 11) is 0. The highest BCUT2D eigenvalue weighted by molar-refractivity contribution is 7.99. The van der Waals surface area contributed by atoms with E-state index in [-0.39, 0.29) is 17.9 Å². The van der Waals surface area contributed by atoms with Gasteiger partial charge in [0.2, 0.25) is 5.91 Å². The molecular weight excluding hydrogens is 360 g/mol. The predicted octanol–water partition coefficient (Wildman–Crippen LogP) is 2.81. The number of hydrogen-bond acceptors (Lipinski definition) is 5. The molecule has 0 spiro atoms. The molecule has 3 N–H and O–H groups in total. The van der Waals surface area contributed by atoms with Crippen LogP contribution in [0, 0.1) is 0 Å². The molecular formula is C20H22N4O2S. The second kappa shape index (κ2) is 7.70. The molecule has 140 valence electrons. The number of nitrogens with one attached hydrogen (secondary N) is 3. The Morgan fingerprint density at radius 3 is 2.48 bits per heavy atom. The SMILES string of the molecule is CC(=O)Nc1ccc(Sc2ccc(C(=O)NC3CC4CCC3N4)cc2)cn1. The number of carbonyl (C=O) groups is 2. The maximum Gasteiger partial charge on any atom is 0.251 e. The van der Waals surface area contributed by atoms with Crippen LogP contribution in [0.2, 0.25) is 0 Å². The van der Waals surface area contributed by atoms with Gasteiger partial charge in [-0.05, 0) is 55.7 Å². The third-order valence-corrected chi connectivity index (χ3v) is 5.99. The van der Waals surface area contributed by atoms with Crippen LogP contribution in [0.3, 0.4) is 0 Å². The van der Waals surface area contributed by atoms with Crippen molar-refractivity contribution in [1.82, 2.24) is 15.6 Å². The molecule has 2 aliphatic heterocycles. The summed E-state index contributed by atoms with van der Waals surface area (Å²) in [6.07, 6.45) is 5.13. The van der Waals surface area contributed by atoms with Crippen molar-refractivity contribution < 1.29 is 9.59 Å². The van der Waals surface area contributed by atoms with Crippen molar-refractivity contribution in [2.45, 2.75) is 54.1 Å². The van der Waals surface area contributed by atoms with E-state index < -0.39 is 0 Å². The number of rotatable bonds is 5. The van der Waals surface area contributed by atoms with Crippen LogP contribution >= 0.6 is 11.8 Å². The van der Waals surface area contributed by atoms with Gasteiger partial charge in [0.1, 0.15) is 5.82 Å². The summed E-state index contributed by atoms with van der Waals surface area (Å²) in [6.45, 7) is 1.45. The third-order valence-electron chi connectivity index (χ3n) is 5.01. The van der Waals surface area contributed by atoms with Crippen LogP contribution in [-0.2, 0) is 4.79 Å². The fourth-order valence-corrected chi connectivity index (χ4v) is 4.53. The number of aromatic nitrogens is 1. The molecule has 4 rings (SSSR count). The van der Waals surface area contributed by atoms with Crippen molar-refractivity contribution in [3.63, 3.8) is 0 Å². The van der Waals surface area contributed by atoms with E-state index >= 15 is 0 Å². The van der Waals surface area contributed by atoms with E-state index in [1.807, 2.05) is 30.3 Å². The minimum atomic E-state index is -0.141. The molecule has 27 heavy (non-hydrogen) atoms. The highest BCUT2D eigenvalue weighted by Crippen LogP contribution is 2.29. The van der Waals surface area contributed by atoms with Crippen LogP contribution in [0.5, 0.6) is 0 Å². The minimum absolute atomic E-state index is 0.00720. The first-order valence-electron chi connectivity index (χ1n) is 9.15. The van der Waals surface area contributed by atoms with E-state index in [1.54, 1.807) is 24.0 Å². The topological polar surface area (TPSA) is 83.1 Å². The Bertz CT molecular complexity index is 838. The Morgan fingerprint density at radius 1 is 1.11 bits per heavy atom. The molecule has 2 amide bonds. The zero-order chi connectivity index (χ0) is 18.8. The largest absolute Gasteiger partial charge is 0.348 e. The summed E-state index contributed by atoms with van der Waals surface area (Å²) < 4.78 is 0. The summed E-state index contributed by atoms with van der Waals surface area (Å²) in [5, 5.41) is 9.35. The van der Waals surface area contributed by atoms with E-state index in [0.717, 1.165) is 22.6 Å². The number of hydrogen-bond donors (Lipinski definition) is 3. The first-order valence-corrected chi connectivity index (χ1v) is 9.97. The zero-order valence-electron chi connectivity index (χ0n) is 15.1. The van der Waals surface area contributed by atoms with E-state index in [0.29, 0.717) is 23.5 Å². The van der Waals surface area contributed by atoms with E-state index in [9.17, 15) is 9.59 Å². The first kappa shape index (κ1) is 18.0. The zero-order valence-corrected chi connectivity index (χ0v) is 15.9. The smallest absolute Gasteiger partial charge is 0.251 e. The molecule has 1 aromatic heterocycles. The number of nitrogens with zero attached hydrogens (tertiary/aromatic N) is 1. The van der Waals surface area contributed by atoms with Crippen molar-refractivity contribution in [2.24, 2.45) is 0 Å². The molecule has 0 aliphatic carbocycles. The second-order valence-electron chi connectivity index (χ2n) is 7.05. The molecule has 2 aliphatic rings. The summed E-state index contributed by atoms with van der Waals surface area (Å²) >= 11 is 1.56. The van der Waals surface area contributed by atoms with E-state index in [1.165, 1.54) is 13.3 Å². The molecule has 0 radical (unpaired) electrons. The number of pyridine rings is 1. The van der Waals surface area contributed by atoms with Gasteiger partial charge in [0, 0.05) is 46.6 Å². The van der Waals surface area contributed by atoms with Gasteiger partial charge in [-0.25, -0.2) is 4.98 Å². The minimum Gasteiger partial charge on any atom is -0.348 e. The highest BCUT2D eigenvalue weighted by Gasteiger charge is 2.39. The summed E-state index contributed by atoms with van der Waals surface area (Å²) in [4.78, 5) is 29.7. The lowest BCUT2D eigenvalue weighted by molar-refractivity contribution is -0.114. The van der Waals surface area contributed by atoms with Gasteiger partial charge in [0.05, 0.1) is 0 Å². The average molecular weight is 382 g/mol. The Labute approximate surface area is 162 Å². The molecule has 3 heterocycles. The van der Waals surface area contributed by atoms with Crippen molar-refractivity contribution in [3.8, 4) is 0 Å². The maximum atomic E-state index is 12.5. The van der Waals surface area contributed by atoms with Crippen LogP contribution in [-0.4, -0.2) is 34.9 Å². The van der Waals surface area contributed by atoms with E-state index in [4.69, 9.17) is 0 Å². The third kappa shape index (κ3) is 4.31. The fraction of sp³-hybridized carbons (Fsp3) is 0.350. The van der Waals surface area contributed by atoms with Crippen molar-refractivity contribution in [2.75, 3.05) is 5.32 Å². The van der Waals surface area contributed by atoms with Crippen LogP contribution < -0.4 is 16.0 Å². The van der Waals surface area contributed by atoms with Gasteiger partial charge in [-0.15, -0.1) is 0 Å². The van der Waals surface area contributed by atoms with Crippen molar-refractivity contribution in [1.29, 1.82) is 0 Å². The molecule has 2 saturated heterocycles. The number of fused-ring (bicyclic) bond motifs is 2. The molecule has 3 atom stereocenters. The summed E-state index contributed by atoms with van der Waals surface area (Å²) in [5.74, 6) is 0.388. The standard InChI is InChI=1S/C20H22N4O2S/c1-12(25)22-19-9-7-16(11-21-19)27-15-5-2-13(3-6-15)20(26)24-18-10-14-4-8-17(18)23-14/h2-3,5-7,9,11,14,17-18,23H,4,8,10H2,1H3,(H,24,26)(H,21,22,25). The van der Waals surface area contributed by atoms with Crippen LogP contribution in [0.25, 0.3) is 0 Å². The molecule has 6 nitrogen and oxygen atoms in total. The molecule has 2 aromatic rings. The van der Waals surface area contributed by atoms with Crippen LogP contribution in [0.15, 0.2) is 52.4 Å². The first-order chi connectivity index (χ1) is 13.1. The number of amides is 2. The number of carbonyl (C=O) groups excluding carboxylic acids is 2. The van der Waals surface area contributed by atoms with Gasteiger partial charge < -0.3 is 16.0 Å². The molecule has 3 unspecified atom stereocenters. The Kier molecular flexibility index (Phi) is 5.13. The summed E-state index contributed by atoms with van der Waals surface area (Å²) in [6, 6.07) is 12.5. The van der Waals surface area contributed by atoms with Gasteiger partial charge in [-0.2, -0.15) is 0 Å². The van der Waals surface area contributed by atoms with Gasteiger partial charge in [-0.1, -0.05) is 11.8 Å². The second-order valence-corrected chi connectivity index (χ2v) is 8.20. The number of benzene rings is 1. The molecule has 7 heteroatoms. The predicted molar refractivity (Wildman–Crippen MR) is 105 cm³/mol. The molecule has 2 bridgehead atoms. The van der Waals surface area contributed by atoms with Crippen molar-refractivity contribution in [3.05, 3.63) is 48.2 Å². The monoisotopic (exact) mass is 382 g/mol. The molecule has 2 fully saturated rings. The Hall–Kier alpha value is -2.38. The van der Waals surface area contributed by atoms with Gasteiger partial charge in [-0.3, -0.25) is 9.59 Å². The molecule has 1 aromatic carbocycles. The van der Waals surface area contributed by atoms with Crippen molar-refractivity contribution >= 4 is 29.4 Å². The van der Waals surface area contributed by atoms with Gasteiger partial charge in [0.25, 0.3) is 5.91 Å². The lowest BCUT2D eigenvalue weighted by Crippen LogP contribution is -2.42. The average Bonchev–Trinajstić information content (AvgIpc) is 3.26. The Balaban J connectivity index is 1.34. The maximum absolute atomic E-state index is 12.5. The van der Waals surface area contributed by atoms with Crippen LogP contribution in [0.1, 0.15) is 36.5 Å². The molecule has 0 saturated carbocycles. The quantitative estimate of drug-likeness (QED) is 0.741. The lowest BCUT2D eigenvalue weighted by atomic mass is 9.95. The Morgan fingerprint density at radius 2 is 1.89 bits per heavy atom. The summed E-state index contributed by atoms with van der Waals surface area (Å²) in [5.41, 5.74) is 0.682. The van der Waals surface area contributed by atoms with Gasteiger partial charge in [0.15, 0.2) is 0 Å². The normalized spacial score (nSPS) is 23.2. The number of anilines is 1. The van der Waals surface area contributed by atoms with Crippen LogP contribution in [0.4, 0.5) is 5.82 Å². The highest BCUT2D eigenvalue weighted by atomic mass is 32.2. The van der Waals surface area contributed by atoms with E-state index in [2.05, 4.69) is 20.9 Å².